The van der Waals surface area contributed by atoms with E-state index in [1.165, 1.54) is 18.2 Å². The number of nitrogens with one attached hydrogen (secondary N) is 1. The van der Waals surface area contributed by atoms with Crippen LogP contribution in [0.1, 0.15) is 44.6 Å². The summed E-state index contributed by atoms with van der Waals surface area (Å²) < 4.78 is 53.9. The molecule has 5 saturated heterocycles. The summed E-state index contributed by atoms with van der Waals surface area (Å²) in [7, 11) is 0. The molecule has 232 valence electrons. The van der Waals surface area contributed by atoms with Crippen LogP contribution in [-0.4, -0.2) is 76.1 Å². The van der Waals surface area contributed by atoms with Crippen LogP contribution in [-0.2, 0) is 0 Å². The maximum absolute atomic E-state index is 16.9. The Labute approximate surface area is 259 Å². The van der Waals surface area contributed by atoms with Crippen molar-refractivity contribution in [2.75, 3.05) is 37.7 Å². The van der Waals surface area contributed by atoms with Gasteiger partial charge in [-0.1, -0.05) is 18.1 Å². The maximum Gasteiger partial charge on any atom is 0.319 e. The molecular weight excluding hydrogens is 579 g/mol. The lowest BCUT2D eigenvalue weighted by atomic mass is 9.82. The van der Waals surface area contributed by atoms with Crippen LogP contribution < -0.4 is 15.0 Å². The van der Waals surface area contributed by atoms with E-state index in [4.69, 9.17) is 16.1 Å². The monoisotopic (exact) mass is 613 g/mol. The Balaban J connectivity index is 1.31. The highest BCUT2D eigenvalue weighted by molar-refractivity contribution is 6.04. The Kier molecular flexibility index (Phi) is 6.45. The predicted octanol–water partition coefficient (Wildman–Crippen LogP) is 5.70. The fourth-order valence-corrected chi connectivity index (χ4v) is 8.26. The van der Waals surface area contributed by atoms with Crippen LogP contribution in [0, 0.1) is 24.0 Å². The number of phenolic OH excluding ortho intramolecular Hbond substituents is 1. The summed E-state index contributed by atoms with van der Waals surface area (Å²) in [5.41, 5.74) is -0.463. The van der Waals surface area contributed by atoms with E-state index in [1.807, 2.05) is 0 Å². The topological polar surface area (TPSA) is 73.8 Å². The third-order valence-electron chi connectivity index (χ3n) is 10.5. The molecule has 1 aromatic heterocycles. The molecule has 10 heteroatoms. The summed E-state index contributed by atoms with van der Waals surface area (Å²) in [4.78, 5) is 13.6. The number of piperidine rings is 2. The van der Waals surface area contributed by atoms with Gasteiger partial charge in [-0.15, -0.1) is 6.42 Å². The second kappa shape index (κ2) is 10.2. The molecule has 5 fully saturated rings. The van der Waals surface area contributed by atoms with E-state index in [9.17, 15) is 9.50 Å². The molecule has 4 atom stereocenters. The number of ether oxygens (including phenoxy) is 1. The minimum atomic E-state index is -0.924. The molecule has 5 aliphatic heterocycles. The highest BCUT2D eigenvalue weighted by Crippen LogP contribution is 2.44. The van der Waals surface area contributed by atoms with Crippen molar-refractivity contribution in [2.24, 2.45) is 0 Å². The number of phenols is 1. The van der Waals surface area contributed by atoms with E-state index in [0.717, 1.165) is 38.8 Å². The van der Waals surface area contributed by atoms with Gasteiger partial charge in [-0.25, -0.2) is 13.2 Å². The van der Waals surface area contributed by atoms with Crippen molar-refractivity contribution in [3.05, 3.63) is 53.6 Å². The third kappa shape index (κ3) is 4.50. The molecular formula is C35H34F3N5O2. The van der Waals surface area contributed by atoms with Crippen molar-refractivity contribution in [1.29, 1.82) is 0 Å². The Morgan fingerprint density at radius 3 is 2.84 bits per heavy atom. The lowest BCUT2D eigenvalue weighted by Gasteiger charge is -2.52. The molecule has 0 unspecified atom stereocenters. The zero-order valence-corrected chi connectivity index (χ0v) is 25.0. The molecule has 4 aromatic rings. The van der Waals surface area contributed by atoms with Gasteiger partial charge in [-0.05, 0) is 68.8 Å². The average Bonchev–Trinajstić information content (AvgIpc) is 3.55. The number of aromatic hydroxyl groups is 1. The van der Waals surface area contributed by atoms with Crippen LogP contribution in [0.15, 0.2) is 36.4 Å². The highest BCUT2D eigenvalue weighted by atomic mass is 19.1. The normalized spacial score (nSPS) is 27.8. The molecule has 2 bridgehead atoms. The first kappa shape index (κ1) is 28.4. The molecule has 0 saturated carbocycles. The zero-order chi connectivity index (χ0) is 31.1. The number of piperazine rings is 1. The number of hydrogen-bond donors (Lipinski definition) is 2. The number of aromatic nitrogens is 2. The lowest BCUT2D eigenvalue weighted by molar-refractivity contribution is 0.107. The Bertz CT molecular complexity index is 1900. The summed E-state index contributed by atoms with van der Waals surface area (Å²) in [6, 6.07) is 9.35. The molecule has 0 radical (unpaired) electrons. The summed E-state index contributed by atoms with van der Waals surface area (Å²) >= 11 is 0. The lowest BCUT2D eigenvalue weighted by Crippen LogP contribution is -2.67. The molecule has 2 N–H and O–H groups in total. The van der Waals surface area contributed by atoms with E-state index in [0.29, 0.717) is 41.7 Å². The first-order valence-corrected chi connectivity index (χ1v) is 15.6. The van der Waals surface area contributed by atoms with E-state index in [2.05, 4.69) is 32.9 Å². The number of rotatable bonds is 5. The number of benzene rings is 3. The second-order valence-corrected chi connectivity index (χ2v) is 13.4. The van der Waals surface area contributed by atoms with Crippen LogP contribution >= 0.6 is 0 Å². The molecule has 5 aliphatic rings. The number of anilines is 1. The highest BCUT2D eigenvalue weighted by Gasteiger charge is 2.49. The number of hydrogen-bond acceptors (Lipinski definition) is 7. The summed E-state index contributed by atoms with van der Waals surface area (Å²) in [6.07, 6.45) is 8.89. The molecule has 0 aliphatic carbocycles. The minimum Gasteiger partial charge on any atom is -0.508 e. The van der Waals surface area contributed by atoms with Gasteiger partial charge in [0.15, 0.2) is 5.82 Å². The van der Waals surface area contributed by atoms with Crippen molar-refractivity contribution in [3.63, 3.8) is 0 Å². The van der Waals surface area contributed by atoms with Gasteiger partial charge in [-0.2, -0.15) is 9.97 Å². The summed E-state index contributed by atoms with van der Waals surface area (Å²) in [6.45, 7) is 4.85. The van der Waals surface area contributed by atoms with Gasteiger partial charge in [0.05, 0.1) is 11.1 Å². The average molecular weight is 614 g/mol. The van der Waals surface area contributed by atoms with Crippen molar-refractivity contribution in [1.82, 2.24) is 20.2 Å². The van der Waals surface area contributed by atoms with Crippen molar-refractivity contribution in [3.8, 4) is 35.2 Å². The van der Waals surface area contributed by atoms with Gasteiger partial charge in [0, 0.05) is 59.5 Å². The Morgan fingerprint density at radius 1 is 1.20 bits per heavy atom. The van der Waals surface area contributed by atoms with E-state index in [1.54, 1.807) is 18.2 Å². The molecule has 3 aromatic carbocycles. The van der Waals surface area contributed by atoms with Gasteiger partial charge >= 0.3 is 6.01 Å². The second-order valence-electron chi connectivity index (χ2n) is 13.4. The molecule has 0 amide bonds. The Hall–Kier alpha value is -4.07. The standard InChI is InChI=1S/C35H34F3N5O2/c1-3-20-6-4-7-21-12-24(44)13-25(28(20)21)29-27(37)14-26-31(30(29)38)40-33(45-19-35-9-5-11-42(35)17-22(36)15-35)41-32(26)43-18-34(2)10-8-23(43)16-39-34/h1,4,6-7,12-14,22-23,39,44H,5,8-11,15-19H2,2H3/t22-,23+,34+,35+/m1/s1. The molecule has 7 nitrogen and oxygen atoms in total. The van der Waals surface area contributed by atoms with Gasteiger partial charge < -0.3 is 20.1 Å². The quantitative estimate of drug-likeness (QED) is 0.280. The van der Waals surface area contributed by atoms with Gasteiger partial charge in [0.2, 0.25) is 0 Å². The minimum absolute atomic E-state index is 0.0258. The first-order valence-electron chi connectivity index (χ1n) is 15.6. The van der Waals surface area contributed by atoms with Crippen LogP contribution in [0.2, 0.25) is 0 Å². The number of alkyl halides is 1. The van der Waals surface area contributed by atoms with Crippen LogP contribution in [0.5, 0.6) is 11.8 Å². The molecule has 45 heavy (non-hydrogen) atoms. The molecule has 6 heterocycles. The Morgan fingerprint density at radius 2 is 2.07 bits per heavy atom. The van der Waals surface area contributed by atoms with Crippen LogP contribution in [0.4, 0.5) is 19.0 Å². The van der Waals surface area contributed by atoms with Crippen molar-refractivity contribution >= 4 is 27.5 Å². The molecule has 9 rings (SSSR count). The van der Waals surface area contributed by atoms with Crippen LogP contribution in [0.3, 0.4) is 0 Å². The first-order chi connectivity index (χ1) is 21.7. The largest absolute Gasteiger partial charge is 0.508 e. The van der Waals surface area contributed by atoms with E-state index in [-0.39, 0.29) is 52.0 Å². The smallest absolute Gasteiger partial charge is 0.319 e. The number of halogens is 3. The predicted molar refractivity (Wildman–Crippen MR) is 167 cm³/mol. The summed E-state index contributed by atoms with van der Waals surface area (Å²) in [5, 5.41) is 15.4. The maximum atomic E-state index is 16.9. The number of nitrogens with zero attached hydrogens (tertiary/aromatic N) is 4. The van der Waals surface area contributed by atoms with Gasteiger partial charge in [0.25, 0.3) is 0 Å². The number of fused-ring (bicyclic) bond motifs is 6. The fourth-order valence-electron chi connectivity index (χ4n) is 8.26. The van der Waals surface area contributed by atoms with E-state index < -0.39 is 23.3 Å². The van der Waals surface area contributed by atoms with Crippen molar-refractivity contribution < 1.29 is 23.0 Å². The van der Waals surface area contributed by atoms with Gasteiger partial charge in [0.1, 0.15) is 35.7 Å². The van der Waals surface area contributed by atoms with Crippen LogP contribution in [0.25, 0.3) is 32.8 Å². The van der Waals surface area contributed by atoms with Crippen molar-refractivity contribution in [2.45, 2.75) is 62.3 Å². The zero-order valence-electron chi connectivity index (χ0n) is 25.0. The SMILES string of the molecule is C#Cc1cccc2cc(O)cc(-c3c(F)cc4c(N5C[C@]6(C)CC[C@H]5CN6)nc(OC[C@@]56CCCN5C[C@H](F)C6)nc4c3F)c12. The number of terminal acetylenes is 1. The third-order valence-corrected chi connectivity index (χ3v) is 10.5. The summed E-state index contributed by atoms with van der Waals surface area (Å²) in [5.74, 6) is 1.16. The fraction of sp³-hybridized carbons (Fsp3) is 0.429. The van der Waals surface area contributed by atoms with Gasteiger partial charge in [-0.3, -0.25) is 4.90 Å². The van der Waals surface area contributed by atoms with E-state index >= 15 is 8.78 Å². The molecule has 0 spiro atoms.